The summed E-state index contributed by atoms with van der Waals surface area (Å²) in [5.41, 5.74) is 7.18. The molecule has 0 amide bonds. The Bertz CT molecular complexity index is 721. The zero-order valence-corrected chi connectivity index (χ0v) is 11.5. The Labute approximate surface area is 118 Å². The minimum absolute atomic E-state index is 0.0652. The zero-order valence-electron chi connectivity index (χ0n) is 9.94. The topological polar surface area (TPSA) is 43.8 Å². The number of nitrogens with zero attached hydrogens (tertiary/aromatic N) is 2. The molecule has 98 valence electrons. The number of aromatic nitrogens is 2. The first-order valence-corrected chi connectivity index (χ1v) is 7.04. The molecule has 3 aromatic rings. The largest absolute Gasteiger partial charge is 0.369 e. The van der Waals surface area contributed by atoms with E-state index in [1.807, 2.05) is 16.0 Å². The van der Waals surface area contributed by atoms with Gasteiger partial charge in [0.25, 0.3) is 0 Å². The van der Waals surface area contributed by atoms with Crippen LogP contribution < -0.4 is 5.73 Å². The maximum atomic E-state index is 13.5. The van der Waals surface area contributed by atoms with Crippen LogP contribution in [0.4, 0.5) is 10.3 Å². The van der Waals surface area contributed by atoms with Gasteiger partial charge in [-0.25, -0.2) is 9.37 Å². The Morgan fingerprint density at radius 3 is 3.00 bits per heavy atom. The van der Waals surface area contributed by atoms with E-state index < -0.39 is 5.82 Å². The van der Waals surface area contributed by atoms with Gasteiger partial charge in [0.2, 0.25) is 5.95 Å². The highest BCUT2D eigenvalue weighted by atomic mass is 35.5. The van der Waals surface area contributed by atoms with Gasteiger partial charge in [-0.3, -0.25) is 0 Å². The van der Waals surface area contributed by atoms with Crippen molar-refractivity contribution in [2.75, 3.05) is 5.73 Å². The van der Waals surface area contributed by atoms with E-state index in [1.165, 1.54) is 17.0 Å². The first-order valence-electron chi connectivity index (χ1n) is 5.78. The van der Waals surface area contributed by atoms with Gasteiger partial charge in [0, 0.05) is 17.5 Å². The van der Waals surface area contributed by atoms with E-state index in [-0.39, 0.29) is 5.02 Å². The predicted octanol–water partition coefficient (Wildman–Crippen LogP) is 3.72. The summed E-state index contributed by atoms with van der Waals surface area (Å²) in [5, 5.41) is 2.10. The van der Waals surface area contributed by atoms with Gasteiger partial charge < -0.3 is 10.3 Å². The number of nitrogen functional groups attached to an aromatic ring is 1. The average molecular weight is 296 g/mol. The highest BCUT2D eigenvalue weighted by Crippen LogP contribution is 2.25. The molecular formula is C13H11ClFN3S. The van der Waals surface area contributed by atoms with Crippen LogP contribution >= 0.6 is 22.9 Å². The first-order chi connectivity index (χ1) is 9.15. The number of nitrogens with two attached hydrogens (primary N) is 1. The predicted molar refractivity (Wildman–Crippen MR) is 77.1 cm³/mol. The quantitative estimate of drug-likeness (QED) is 0.800. The number of fused-ring (bicyclic) bond motifs is 1. The normalized spacial score (nSPS) is 11.3. The molecule has 0 saturated carbocycles. The van der Waals surface area contributed by atoms with Crippen molar-refractivity contribution < 1.29 is 4.39 Å². The molecule has 0 saturated heterocycles. The molecular weight excluding hydrogens is 285 g/mol. The van der Waals surface area contributed by atoms with E-state index in [9.17, 15) is 4.39 Å². The number of aryl methyl sites for hydroxylation is 2. The average Bonchev–Trinajstić information content (AvgIpc) is 2.96. The molecule has 0 fully saturated rings. The van der Waals surface area contributed by atoms with E-state index in [1.54, 1.807) is 11.3 Å². The number of benzene rings is 1. The highest BCUT2D eigenvalue weighted by Gasteiger charge is 2.11. The Balaban J connectivity index is 1.98. The van der Waals surface area contributed by atoms with Gasteiger partial charge in [0.15, 0.2) is 0 Å². The number of rotatable bonds is 3. The van der Waals surface area contributed by atoms with Crippen molar-refractivity contribution in [1.82, 2.24) is 9.55 Å². The van der Waals surface area contributed by atoms with Crippen molar-refractivity contribution in [3.8, 4) is 0 Å². The summed E-state index contributed by atoms with van der Waals surface area (Å²) in [6.07, 6.45) is 0.845. The molecule has 0 radical (unpaired) electrons. The van der Waals surface area contributed by atoms with Crippen molar-refractivity contribution in [1.29, 1.82) is 0 Å². The molecule has 0 atom stereocenters. The van der Waals surface area contributed by atoms with Crippen LogP contribution in [0.1, 0.15) is 4.88 Å². The van der Waals surface area contributed by atoms with Gasteiger partial charge in [0.1, 0.15) is 5.82 Å². The number of hydrogen-bond donors (Lipinski definition) is 1. The lowest BCUT2D eigenvalue weighted by atomic mass is 10.3. The minimum Gasteiger partial charge on any atom is -0.369 e. The second-order valence-corrected chi connectivity index (χ2v) is 5.65. The van der Waals surface area contributed by atoms with E-state index in [0.717, 1.165) is 6.42 Å². The summed E-state index contributed by atoms with van der Waals surface area (Å²) < 4.78 is 15.4. The van der Waals surface area contributed by atoms with Crippen molar-refractivity contribution in [3.63, 3.8) is 0 Å². The van der Waals surface area contributed by atoms with Crippen LogP contribution in [0.25, 0.3) is 11.0 Å². The lowest BCUT2D eigenvalue weighted by Gasteiger charge is -2.05. The molecule has 3 nitrogen and oxygen atoms in total. The molecule has 2 heterocycles. The Morgan fingerprint density at radius 1 is 1.42 bits per heavy atom. The summed E-state index contributed by atoms with van der Waals surface area (Å²) in [4.78, 5) is 5.47. The zero-order chi connectivity index (χ0) is 13.4. The molecule has 0 spiro atoms. The fourth-order valence-corrected chi connectivity index (χ4v) is 2.91. The second kappa shape index (κ2) is 4.83. The van der Waals surface area contributed by atoms with Crippen LogP contribution in [0.3, 0.4) is 0 Å². The smallest absolute Gasteiger partial charge is 0.201 e. The third-order valence-electron chi connectivity index (χ3n) is 2.98. The SMILES string of the molecule is Nc1nc2cc(Cl)c(F)cc2n1CCc1cccs1. The Hall–Kier alpha value is -1.59. The highest BCUT2D eigenvalue weighted by molar-refractivity contribution is 7.09. The third kappa shape index (κ3) is 2.31. The molecule has 2 N–H and O–H groups in total. The summed E-state index contributed by atoms with van der Waals surface area (Å²) in [6.45, 7) is 0.671. The fraction of sp³-hybridized carbons (Fsp3) is 0.154. The molecule has 2 aromatic heterocycles. The van der Waals surface area contributed by atoms with Crippen molar-refractivity contribution >= 4 is 39.9 Å². The first kappa shape index (κ1) is 12.4. The van der Waals surface area contributed by atoms with Gasteiger partial charge in [0.05, 0.1) is 16.1 Å². The monoisotopic (exact) mass is 295 g/mol. The summed E-state index contributed by atoms with van der Waals surface area (Å²) in [7, 11) is 0. The Morgan fingerprint density at radius 2 is 2.26 bits per heavy atom. The van der Waals surface area contributed by atoms with E-state index in [2.05, 4.69) is 11.1 Å². The second-order valence-electron chi connectivity index (χ2n) is 4.21. The summed E-state index contributed by atoms with van der Waals surface area (Å²) >= 11 is 7.44. The third-order valence-corrected chi connectivity index (χ3v) is 4.21. The van der Waals surface area contributed by atoms with Crippen LogP contribution in [0, 0.1) is 5.82 Å². The van der Waals surface area contributed by atoms with E-state index in [4.69, 9.17) is 17.3 Å². The van der Waals surface area contributed by atoms with Gasteiger partial charge in [-0.15, -0.1) is 11.3 Å². The maximum absolute atomic E-state index is 13.5. The van der Waals surface area contributed by atoms with Gasteiger partial charge >= 0.3 is 0 Å². The lowest BCUT2D eigenvalue weighted by Crippen LogP contribution is -2.05. The van der Waals surface area contributed by atoms with Crippen LogP contribution in [-0.4, -0.2) is 9.55 Å². The van der Waals surface area contributed by atoms with Crippen LogP contribution in [0.2, 0.25) is 5.02 Å². The number of imidazole rings is 1. The van der Waals surface area contributed by atoms with Crippen LogP contribution in [-0.2, 0) is 13.0 Å². The number of anilines is 1. The van der Waals surface area contributed by atoms with Gasteiger partial charge in [-0.05, 0) is 23.9 Å². The van der Waals surface area contributed by atoms with Crippen LogP contribution in [0.15, 0.2) is 29.6 Å². The van der Waals surface area contributed by atoms with Crippen LogP contribution in [0.5, 0.6) is 0 Å². The molecule has 0 aliphatic carbocycles. The van der Waals surface area contributed by atoms with Crippen molar-refractivity contribution in [2.45, 2.75) is 13.0 Å². The molecule has 3 rings (SSSR count). The molecule has 1 aromatic carbocycles. The molecule has 6 heteroatoms. The number of halogens is 2. The minimum atomic E-state index is -0.452. The molecule has 0 unspecified atom stereocenters. The fourth-order valence-electron chi connectivity index (χ4n) is 2.05. The summed E-state index contributed by atoms with van der Waals surface area (Å²) in [5.74, 6) is -0.0698. The summed E-state index contributed by atoms with van der Waals surface area (Å²) in [6, 6.07) is 6.96. The number of thiophene rings is 1. The van der Waals surface area contributed by atoms with Gasteiger partial charge in [-0.1, -0.05) is 17.7 Å². The van der Waals surface area contributed by atoms with Crippen molar-refractivity contribution in [2.24, 2.45) is 0 Å². The van der Waals surface area contributed by atoms with E-state index >= 15 is 0 Å². The molecule has 0 aliphatic rings. The van der Waals surface area contributed by atoms with E-state index in [0.29, 0.717) is 23.5 Å². The standard InChI is InChI=1S/C13H11ClFN3S/c14-9-6-11-12(7-10(9)15)18(13(16)17-11)4-3-8-2-1-5-19-8/h1-2,5-7H,3-4H2,(H2,16,17). The number of hydrogen-bond acceptors (Lipinski definition) is 3. The molecule has 19 heavy (non-hydrogen) atoms. The van der Waals surface area contributed by atoms with Gasteiger partial charge in [-0.2, -0.15) is 0 Å². The van der Waals surface area contributed by atoms with Crippen molar-refractivity contribution in [3.05, 3.63) is 45.4 Å². The molecule has 0 bridgehead atoms. The maximum Gasteiger partial charge on any atom is 0.201 e. The molecule has 0 aliphatic heterocycles. The lowest BCUT2D eigenvalue weighted by molar-refractivity contribution is 0.628. The Kier molecular flexibility index (Phi) is 3.16.